The lowest BCUT2D eigenvalue weighted by Gasteiger charge is -2.40. The first-order chi connectivity index (χ1) is 19.1. The molecule has 0 radical (unpaired) electrons. The predicted octanol–water partition coefficient (Wildman–Crippen LogP) is 4.84. The van der Waals surface area contributed by atoms with Crippen LogP contribution in [0.5, 0.6) is 0 Å². The highest BCUT2D eigenvalue weighted by Crippen LogP contribution is 2.72. The third kappa shape index (κ3) is 4.70. The first-order valence-electron chi connectivity index (χ1n) is 14.3. The van der Waals surface area contributed by atoms with Crippen LogP contribution >= 0.6 is 23.4 Å². The molecule has 3 aliphatic rings. The molecule has 1 aromatic rings. The van der Waals surface area contributed by atoms with Gasteiger partial charge in [-0.3, -0.25) is 14.4 Å². The van der Waals surface area contributed by atoms with Crippen LogP contribution in [0.25, 0.3) is 0 Å². The van der Waals surface area contributed by atoms with E-state index in [4.69, 9.17) is 11.6 Å². The fourth-order valence-electron chi connectivity index (χ4n) is 7.27. The summed E-state index contributed by atoms with van der Waals surface area (Å²) in [4.78, 5) is 48.5. The number of nitrogens with zero attached hydrogens (tertiary/aromatic N) is 3. The molecule has 1 N–H and O–H groups in total. The van der Waals surface area contributed by atoms with Crippen LogP contribution < -0.4 is 4.90 Å². The lowest BCUT2D eigenvalue weighted by Crippen LogP contribution is -2.57. The Labute approximate surface area is 247 Å². The maximum atomic E-state index is 14.8. The van der Waals surface area contributed by atoms with Crippen molar-refractivity contribution in [1.29, 1.82) is 0 Å². The van der Waals surface area contributed by atoms with Gasteiger partial charge in [-0.15, -0.1) is 24.9 Å². The molecule has 1 spiro atoms. The molecular weight excluding hydrogens is 546 g/mol. The second-order valence-corrected chi connectivity index (χ2v) is 13.7. The number of carbonyl (C=O) groups excluding carboxylic acids is 3. The molecule has 2 unspecified atom stereocenters. The monoisotopic (exact) mass is 587 g/mol. The molecule has 3 heterocycles. The summed E-state index contributed by atoms with van der Waals surface area (Å²) < 4.78 is -1.26. The molecule has 0 saturated carbocycles. The molecule has 4 rings (SSSR count). The fraction of sp³-hybridized carbons (Fsp3) is 0.581. The molecule has 2 bridgehead atoms. The van der Waals surface area contributed by atoms with E-state index in [0.29, 0.717) is 36.6 Å². The average molecular weight is 588 g/mol. The number of carbonyl (C=O) groups is 3. The van der Waals surface area contributed by atoms with Gasteiger partial charge in [0.15, 0.2) is 0 Å². The Hall–Kier alpha value is -2.29. The van der Waals surface area contributed by atoms with Crippen molar-refractivity contribution >= 4 is 46.8 Å². The Morgan fingerprint density at radius 2 is 1.93 bits per heavy atom. The van der Waals surface area contributed by atoms with Crippen molar-refractivity contribution in [3.8, 4) is 0 Å². The zero-order chi connectivity index (χ0) is 29.4. The second-order valence-electron chi connectivity index (χ2n) is 11.4. The van der Waals surface area contributed by atoms with E-state index in [1.165, 1.54) is 0 Å². The number of aliphatic hydroxyl groups is 1. The minimum absolute atomic E-state index is 0.0494. The van der Waals surface area contributed by atoms with Crippen LogP contribution in [-0.4, -0.2) is 80.4 Å². The van der Waals surface area contributed by atoms with Crippen LogP contribution in [0.4, 0.5) is 5.69 Å². The second kappa shape index (κ2) is 11.9. The summed E-state index contributed by atoms with van der Waals surface area (Å²) in [5, 5.41) is 10.8. The number of likely N-dealkylation sites (tertiary alicyclic amines) is 1. The molecule has 3 saturated heterocycles. The van der Waals surface area contributed by atoms with E-state index in [2.05, 4.69) is 20.1 Å². The van der Waals surface area contributed by atoms with Gasteiger partial charge in [-0.2, -0.15) is 0 Å². The zero-order valence-electron chi connectivity index (χ0n) is 24.1. The van der Waals surface area contributed by atoms with Crippen molar-refractivity contribution in [3.63, 3.8) is 0 Å². The number of rotatable bonds is 12. The smallest absolute Gasteiger partial charge is 0.251 e. The first kappa shape index (κ1) is 30.7. The molecule has 0 aliphatic carbocycles. The lowest BCUT2D eigenvalue weighted by atomic mass is 9.66. The van der Waals surface area contributed by atoms with Crippen molar-refractivity contribution in [3.05, 3.63) is 54.1 Å². The number of halogens is 1. The van der Waals surface area contributed by atoms with E-state index >= 15 is 0 Å². The Morgan fingerprint density at radius 1 is 1.23 bits per heavy atom. The topological polar surface area (TPSA) is 81.2 Å². The normalized spacial score (nSPS) is 29.3. The molecule has 40 heavy (non-hydrogen) atoms. The minimum atomic E-state index is -0.846. The SMILES string of the molecule is C=CCN(CCC)C(=O)[C@@H]1[C@H]2C(=O)N([C@@H](CC)CO)C(C(=O)N(CC=C)c3c(C)cccc3Cl)C23CC[C@@]1(C)S3. The van der Waals surface area contributed by atoms with Gasteiger partial charge in [-0.25, -0.2) is 0 Å². The molecule has 7 nitrogen and oxygen atoms in total. The maximum Gasteiger partial charge on any atom is 0.251 e. The summed E-state index contributed by atoms with van der Waals surface area (Å²) in [5.41, 5.74) is 1.43. The number of fused-ring (bicyclic) bond motifs is 1. The molecule has 3 amide bonds. The standard InChI is InChI=1S/C31H42ClN3O4S/c1-7-16-33(17-8-2)27(37)23-24-28(38)35(21(10-4)19-36)26(31(24)15-14-30(23,6)40-31)29(39)34(18-9-3)25-20(5)12-11-13-22(25)32/h7,9,11-13,21,23-24,26,36H,1,3,8,10,14-19H2,2,4-6H3/t21-,23-,24-,26?,30+,31?/m0/s1. The van der Waals surface area contributed by atoms with E-state index in [9.17, 15) is 19.5 Å². The van der Waals surface area contributed by atoms with Crippen LogP contribution in [-0.2, 0) is 14.4 Å². The number of hydrogen-bond donors (Lipinski definition) is 1. The highest BCUT2D eigenvalue weighted by Gasteiger charge is 2.78. The number of para-hydroxylation sites is 1. The maximum absolute atomic E-state index is 14.8. The minimum Gasteiger partial charge on any atom is -0.394 e. The summed E-state index contributed by atoms with van der Waals surface area (Å²) in [5.74, 6) is -1.72. The highest BCUT2D eigenvalue weighted by molar-refractivity contribution is 8.02. The van der Waals surface area contributed by atoms with Crippen LogP contribution in [0, 0.1) is 18.8 Å². The molecule has 3 fully saturated rings. The molecule has 218 valence electrons. The summed E-state index contributed by atoms with van der Waals surface area (Å²) in [6, 6.07) is 4.11. The first-order valence-corrected chi connectivity index (χ1v) is 15.5. The van der Waals surface area contributed by atoms with Crippen LogP contribution in [0.1, 0.15) is 52.0 Å². The van der Waals surface area contributed by atoms with Gasteiger partial charge in [0.1, 0.15) is 6.04 Å². The van der Waals surface area contributed by atoms with Gasteiger partial charge >= 0.3 is 0 Å². The van der Waals surface area contributed by atoms with Gasteiger partial charge in [0.05, 0.1) is 39.9 Å². The third-order valence-electron chi connectivity index (χ3n) is 8.98. The Kier molecular flexibility index (Phi) is 9.13. The predicted molar refractivity (Wildman–Crippen MR) is 163 cm³/mol. The summed E-state index contributed by atoms with van der Waals surface area (Å²) in [7, 11) is 0. The average Bonchev–Trinajstić information content (AvgIpc) is 3.49. The van der Waals surface area contributed by atoms with E-state index in [1.807, 2.05) is 32.9 Å². The van der Waals surface area contributed by atoms with Crippen LogP contribution in [0.2, 0.25) is 5.02 Å². The van der Waals surface area contributed by atoms with E-state index in [1.54, 1.807) is 44.7 Å². The number of aliphatic hydroxyl groups excluding tert-OH is 1. The van der Waals surface area contributed by atoms with Gasteiger partial charge in [0.2, 0.25) is 11.8 Å². The Balaban J connectivity index is 1.87. The number of hydrogen-bond acceptors (Lipinski definition) is 5. The fourth-order valence-corrected chi connectivity index (χ4v) is 9.93. The summed E-state index contributed by atoms with van der Waals surface area (Å²) >= 11 is 8.29. The Bertz CT molecular complexity index is 1170. The number of anilines is 1. The van der Waals surface area contributed by atoms with Gasteiger partial charge in [0, 0.05) is 24.4 Å². The molecule has 1 aromatic carbocycles. The quantitative estimate of drug-likeness (QED) is 0.354. The van der Waals surface area contributed by atoms with Crippen molar-refractivity contribution in [2.75, 3.05) is 31.1 Å². The molecule has 6 atom stereocenters. The van der Waals surface area contributed by atoms with Gasteiger partial charge in [-0.05, 0) is 51.2 Å². The number of benzene rings is 1. The number of aryl methyl sites for hydroxylation is 1. The van der Waals surface area contributed by atoms with Crippen molar-refractivity contribution in [2.24, 2.45) is 11.8 Å². The van der Waals surface area contributed by atoms with Gasteiger partial charge in [-0.1, -0.05) is 49.7 Å². The van der Waals surface area contributed by atoms with E-state index < -0.39 is 33.4 Å². The molecule has 9 heteroatoms. The molecular formula is C31H42ClN3O4S. The molecule has 3 aliphatic heterocycles. The van der Waals surface area contributed by atoms with Crippen molar-refractivity contribution in [1.82, 2.24) is 9.80 Å². The van der Waals surface area contributed by atoms with E-state index in [0.717, 1.165) is 18.4 Å². The molecule has 0 aromatic heterocycles. The largest absolute Gasteiger partial charge is 0.394 e. The van der Waals surface area contributed by atoms with Crippen LogP contribution in [0.3, 0.4) is 0 Å². The van der Waals surface area contributed by atoms with Crippen LogP contribution in [0.15, 0.2) is 43.5 Å². The number of amides is 3. The van der Waals surface area contributed by atoms with Gasteiger partial charge < -0.3 is 19.8 Å². The highest BCUT2D eigenvalue weighted by atomic mass is 35.5. The Morgan fingerprint density at radius 3 is 2.50 bits per heavy atom. The van der Waals surface area contributed by atoms with Crippen molar-refractivity contribution in [2.45, 2.75) is 75.0 Å². The third-order valence-corrected chi connectivity index (χ3v) is 11.3. The number of thioether (sulfide) groups is 1. The summed E-state index contributed by atoms with van der Waals surface area (Å²) in [6.07, 6.45) is 6.03. The zero-order valence-corrected chi connectivity index (χ0v) is 25.6. The summed E-state index contributed by atoms with van der Waals surface area (Å²) in [6.45, 7) is 16.6. The van der Waals surface area contributed by atoms with E-state index in [-0.39, 0.29) is 30.9 Å². The van der Waals surface area contributed by atoms with Crippen molar-refractivity contribution < 1.29 is 19.5 Å². The van der Waals surface area contributed by atoms with Gasteiger partial charge in [0.25, 0.3) is 5.91 Å². The lowest BCUT2D eigenvalue weighted by molar-refractivity contribution is -0.146.